The van der Waals surface area contributed by atoms with Crippen LogP contribution in [0.4, 0.5) is 4.79 Å². The predicted octanol–water partition coefficient (Wildman–Crippen LogP) is 3.62. The molecule has 1 aromatic heterocycles. The van der Waals surface area contributed by atoms with Crippen molar-refractivity contribution in [3.63, 3.8) is 0 Å². The maximum absolute atomic E-state index is 13.1. The molecule has 0 aliphatic heterocycles. The Kier molecular flexibility index (Phi) is 8.17. The van der Waals surface area contributed by atoms with Gasteiger partial charge in [0, 0.05) is 32.4 Å². The SMILES string of the molecule is CN(CCc1ccccc1)C(=O)[C@H](Cc1ccccc1)NC(=O)OCc1ccncc1. The van der Waals surface area contributed by atoms with Gasteiger partial charge in [-0.3, -0.25) is 9.78 Å². The van der Waals surface area contributed by atoms with Gasteiger partial charge >= 0.3 is 6.09 Å². The molecule has 0 unspecified atom stereocenters. The van der Waals surface area contributed by atoms with Crippen LogP contribution < -0.4 is 5.32 Å². The van der Waals surface area contributed by atoms with E-state index in [9.17, 15) is 9.59 Å². The molecule has 6 heteroatoms. The lowest BCUT2D eigenvalue weighted by molar-refractivity contribution is -0.132. The number of nitrogens with zero attached hydrogens (tertiary/aromatic N) is 2. The van der Waals surface area contributed by atoms with Crippen molar-refractivity contribution in [3.8, 4) is 0 Å². The first-order chi connectivity index (χ1) is 15.1. The van der Waals surface area contributed by atoms with Crippen LogP contribution in [0.2, 0.25) is 0 Å². The third-order valence-electron chi connectivity index (χ3n) is 4.95. The molecular weight excluding hydrogens is 390 g/mol. The van der Waals surface area contributed by atoms with Crippen molar-refractivity contribution >= 4 is 12.0 Å². The molecule has 0 saturated carbocycles. The summed E-state index contributed by atoms with van der Waals surface area (Å²) in [6.07, 6.45) is 3.79. The van der Waals surface area contributed by atoms with E-state index in [1.807, 2.05) is 60.7 Å². The number of carbonyl (C=O) groups excluding carboxylic acids is 2. The van der Waals surface area contributed by atoms with Gasteiger partial charge < -0.3 is 15.0 Å². The standard InChI is InChI=1S/C25H27N3O3/c1-28(17-14-20-8-4-2-5-9-20)24(29)23(18-21-10-6-3-7-11-21)27-25(30)31-19-22-12-15-26-16-13-22/h2-13,15-16,23H,14,17-19H2,1H3,(H,27,30)/t23-/m0/s1. The third kappa shape index (κ3) is 7.26. The van der Waals surface area contributed by atoms with E-state index in [1.165, 1.54) is 0 Å². The maximum atomic E-state index is 13.1. The number of likely N-dealkylation sites (N-methyl/N-ethyl adjacent to an activating group) is 1. The molecule has 0 saturated heterocycles. The van der Waals surface area contributed by atoms with Gasteiger partial charge in [0.1, 0.15) is 12.6 Å². The van der Waals surface area contributed by atoms with E-state index >= 15 is 0 Å². The van der Waals surface area contributed by atoms with Crippen molar-refractivity contribution in [1.82, 2.24) is 15.2 Å². The number of alkyl carbamates (subject to hydrolysis) is 1. The molecule has 160 valence electrons. The molecule has 3 aromatic rings. The normalized spacial score (nSPS) is 11.4. The summed E-state index contributed by atoms with van der Waals surface area (Å²) in [4.78, 5) is 31.1. The number of ether oxygens (including phenoxy) is 1. The molecule has 1 heterocycles. The smallest absolute Gasteiger partial charge is 0.408 e. The number of rotatable bonds is 9. The molecule has 6 nitrogen and oxygen atoms in total. The molecule has 0 aliphatic carbocycles. The van der Waals surface area contributed by atoms with Crippen molar-refractivity contribution in [2.24, 2.45) is 0 Å². The van der Waals surface area contributed by atoms with Crippen LogP contribution in [0.5, 0.6) is 0 Å². The number of hydrogen-bond donors (Lipinski definition) is 1. The fourth-order valence-corrected chi connectivity index (χ4v) is 3.18. The minimum Gasteiger partial charge on any atom is -0.445 e. The van der Waals surface area contributed by atoms with E-state index in [1.54, 1.807) is 36.5 Å². The van der Waals surface area contributed by atoms with Crippen LogP contribution in [0.15, 0.2) is 85.2 Å². The summed E-state index contributed by atoms with van der Waals surface area (Å²) >= 11 is 0. The summed E-state index contributed by atoms with van der Waals surface area (Å²) in [6.45, 7) is 0.673. The topological polar surface area (TPSA) is 71.5 Å². The molecule has 3 rings (SSSR count). The zero-order valence-corrected chi connectivity index (χ0v) is 17.6. The van der Waals surface area contributed by atoms with Crippen LogP contribution in [0.25, 0.3) is 0 Å². The Balaban J connectivity index is 1.61. The van der Waals surface area contributed by atoms with Gasteiger partial charge in [0.25, 0.3) is 0 Å². The average Bonchev–Trinajstić information content (AvgIpc) is 2.82. The molecular formula is C25H27N3O3. The van der Waals surface area contributed by atoms with Gasteiger partial charge in [-0.05, 0) is 35.2 Å². The van der Waals surface area contributed by atoms with Gasteiger partial charge in [-0.15, -0.1) is 0 Å². The van der Waals surface area contributed by atoms with Crippen LogP contribution >= 0.6 is 0 Å². The highest BCUT2D eigenvalue weighted by Crippen LogP contribution is 2.08. The number of pyridine rings is 1. The zero-order valence-electron chi connectivity index (χ0n) is 17.6. The molecule has 2 aromatic carbocycles. The van der Waals surface area contributed by atoms with E-state index < -0.39 is 12.1 Å². The van der Waals surface area contributed by atoms with Crippen LogP contribution in [0.1, 0.15) is 16.7 Å². The van der Waals surface area contributed by atoms with E-state index in [4.69, 9.17) is 4.74 Å². The van der Waals surface area contributed by atoms with E-state index in [2.05, 4.69) is 10.3 Å². The molecule has 0 fully saturated rings. The highest BCUT2D eigenvalue weighted by Gasteiger charge is 2.25. The van der Waals surface area contributed by atoms with Crippen LogP contribution in [-0.2, 0) is 29.0 Å². The lowest BCUT2D eigenvalue weighted by atomic mass is 10.0. The second-order valence-corrected chi connectivity index (χ2v) is 7.31. The fourth-order valence-electron chi connectivity index (χ4n) is 3.18. The Hall–Kier alpha value is -3.67. The third-order valence-corrected chi connectivity index (χ3v) is 4.95. The van der Waals surface area contributed by atoms with Gasteiger partial charge in [-0.2, -0.15) is 0 Å². The molecule has 0 radical (unpaired) electrons. The summed E-state index contributed by atoms with van der Waals surface area (Å²) in [5.74, 6) is -0.152. The number of nitrogens with one attached hydrogen (secondary N) is 1. The maximum Gasteiger partial charge on any atom is 0.408 e. The number of amides is 2. The molecule has 1 N–H and O–H groups in total. The number of aromatic nitrogens is 1. The molecule has 2 amide bonds. The summed E-state index contributed by atoms with van der Waals surface area (Å²) in [5, 5.41) is 2.75. The highest BCUT2D eigenvalue weighted by molar-refractivity contribution is 5.85. The van der Waals surface area contributed by atoms with Crippen molar-refractivity contribution < 1.29 is 14.3 Å². The molecule has 0 bridgehead atoms. The summed E-state index contributed by atoms with van der Waals surface area (Å²) in [7, 11) is 1.76. The highest BCUT2D eigenvalue weighted by atomic mass is 16.5. The van der Waals surface area contributed by atoms with Gasteiger partial charge in [-0.25, -0.2) is 4.79 Å². The first-order valence-corrected chi connectivity index (χ1v) is 10.3. The quantitative estimate of drug-likeness (QED) is 0.577. The minimum absolute atomic E-state index is 0.116. The number of benzene rings is 2. The van der Waals surface area contributed by atoms with E-state index in [0.29, 0.717) is 13.0 Å². The Labute approximate surface area is 182 Å². The Morgan fingerprint density at radius 3 is 2.16 bits per heavy atom. The lowest BCUT2D eigenvalue weighted by Crippen LogP contribution is -2.49. The lowest BCUT2D eigenvalue weighted by Gasteiger charge is -2.24. The first kappa shape index (κ1) is 22.0. The second-order valence-electron chi connectivity index (χ2n) is 7.31. The number of carbonyl (C=O) groups is 2. The van der Waals surface area contributed by atoms with Gasteiger partial charge in [0.15, 0.2) is 0 Å². The largest absolute Gasteiger partial charge is 0.445 e. The second kappa shape index (κ2) is 11.5. The van der Waals surface area contributed by atoms with Crippen molar-refractivity contribution in [1.29, 1.82) is 0 Å². The van der Waals surface area contributed by atoms with Gasteiger partial charge in [0.2, 0.25) is 5.91 Å². The molecule has 0 aliphatic rings. The molecule has 1 atom stereocenters. The first-order valence-electron chi connectivity index (χ1n) is 10.3. The van der Waals surface area contributed by atoms with Crippen LogP contribution in [0, 0.1) is 0 Å². The molecule has 0 spiro atoms. The zero-order chi connectivity index (χ0) is 21.9. The average molecular weight is 418 g/mol. The monoisotopic (exact) mass is 417 g/mol. The van der Waals surface area contributed by atoms with Crippen LogP contribution in [-0.4, -0.2) is 41.5 Å². The van der Waals surface area contributed by atoms with Crippen molar-refractivity contribution in [3.05, 3.63) is 102 Å². The van der Waals surface area contributed by atoms with E-state index in [0.717, 1.165) is 23.1 Å². The van der Waals surface area contributed by atoms with Crippen LogP contribution in [0.3, 0.4) is 0 Å². The number of hydrogen-bond acceptors (Lipinski definition) is 4. The summed E-state index contributed by atoms with van der Waals surface area (Å²) in [6, 6.07) is 22.5. The van der Waals surface area contributed by atoms with Crippen molar-refractivity contribution in [2.75, 3.05) is 13.6 Å². The van der Waals surface area contributed by atoms with Gasteiger partial charge in [-0.1, -0.05) is 60.7 Å². The van der Waals surface area contributed by atoms with Crippen molar-refractivity contribution in [2.45, 2.75) is 25.5 Å². The minimum atomic E-state index is -0.715. The summed E-state index contributed by atoms with van der Waals surface area (Å²) < 4.78 is 5.31. The molecule has 31 heavy (non-hydrogen) atoms. The Morgan fingerprint density at radius 2 is 1.52 bits per heavy atom. The Bertz CT molecular complexity index is 950. The fraction of sp³-hybridized carbons (Fsp3) is 0.240. The van der Waals surface area contributed by atoms with E-state index in [-0.39, 0.29) is 12.5 Å². The Morgan fingerprint density at radius 1 is 0.903 bits per heavy atom. The summed E-state index contributed by atoms with van der Waals surface area (Å²) in [5.41, 5.74) is 2.95. The van der Waals surface area contributed by atoms with Gasteiger partial charge in [0.05, 0.1) is 0 Å². The predicted molar refractivity (Wildman–Crippen MR) is 119 cm³/mol.